The van der Waals surface area contributed by atoms with Crippen LogP contribution in [-0.2, 0) is 4.79 Å². The molecule has 0 heterocycles. The molecule has 0 radical (unpaired) electrons. The van der Waals surface area contributed by atoms with Gasteiger partial charge in [-0.05, 0) is 41.0 Å². The summed E-state index contributed by atoms with van der Waals surface area (Å²) in [5.41, 5.74) is 2.15. The van der Waals surface area contributed by atoms with Crippen molar-refractivity contribution in [3.63, 3.8) is 0 Å². The van der Waals surface area contributed by atoms with Gasteiger partial charge >= 0.3 is 5.97 Å². The molecule has 3 aromatic rings. The molecule has 126 valence electrons. The maximum Gasteiger partial charge on any atom is 0.308 e. The van der Waals surface area contributed by atoms with E-state index < -0.39 is 23.4 Å². The Morgan fingerprint density at radius 1 is 0.720 bits per heavy atom. The van der Waals surface area contributed by atoms with Crippen molar-refractivity contribution in [1.29, 1.82) is 0 Å². The van der Waals surface area contributed by atoms with E-state index in [1.807, 2.05) is 0 Å². The highest BCUT2D eigenvalue weighted by Gasteiger charge is 2.09. The molecule has 0 N–H and O–H groups in total. The van der Waals surface area contributed by atoms with Gasteiger partial charge in [0.15, 0.2) is 11.6 Å². The van der Waals surface area contributed by atoms with Crippen molar-refractivity contribution < 1.29 is 22.7 Å². The molecular weight excluding hydrogens is 329 g/mol. The molecule has 5 heteroatoms. The molecule has 3 aromatic carbocycles. The lowest BCUT2D eigenvalue weighted by molar-refractivity contribution is -0.131. The zero-order valence-electron chi connectivity index (χ0n) is 13.2. The van der Waals surface area contributed by atoms with E-state index in [9.17, 15) is 18.0 Å². The Labute approximate surface area is 142 Å². The predicted molar refractivity (Wildman–Crippen MR) is 88.5 cm³/mol. The molecule has 25 heavy (non-hydrogen) atoms. The van der Waals surface area contributed by atoms with Crippen LogP contribution in [0.25, 0.3) is 22.3 Å². The van der Waals surface area contributed by atoms with Crippen LogP contribution in [0.15, 0.2) is 60.7 Å². The number of benzene rings is 3. The first-order valence-corrected chi connectivity index (χ1v) is 7.48. The van der Waals surface area contributed by atoms with Crippen LogP contribution in [0.5, 0.6) is 5.75 Å². The summed E-state index contributed by atoms with van der Waals surface area (Å²) < 4.78 is 45.4. The third-order valence-electron chi connectivity index (χ3n) is 3.65. The van der Waals surface area contributed by atoms with E-state index >= 15 is 0 Å². The maximum absolute atomic E-state index is 14.2. The van der Waals surface area contributed by atoms with Gasteiger partial charge in [-0.3, -0.25) is 4.79 Å². The number of esters is 1. The molecule has 0 saturated heterocycles. The average molecular weight is 342 g/mol. The van der Waals surface area contributed by atoms with Crippen molar-refractivity contribution >= 4 is 5.97 Å². The van der Waals surface area contributed by atoms with E-state index in [4.69, 9.17) is 4.74 Å². The minimum Gasteiger partial charge on any atom is -0.427 e. The molecule has 0 aromatic heterocycles. The second-order valence-electron chi connectivity index (χ2n) is 5.44. The normalized spacial score (nSPS) is 10.6. The molecule has 0 saturated carbocycles. The minimum absolute atomic E-state index is 0.132. The molecular formula is C20H13F3O2. The van der Waals surface area contributed by atoms with Gasteiger partial charge in [0.2, 0.25) is 0 Å². The lowest BCUT2D eigenvalue weighted by Crippen LogP contribution is -2.01. The average Bonchev–Trinajstić information content (AvgIpc) is 2.57. The Bertz CT molecular complexity index is 934. The fourth-order valence-electron chi connectivity index (χ4n) is 2.48. The summed E-state index contributed by atoms with van der Waals surface area (Å²) in [5, 5.41) is 0. The van der Waals surface area contributed by atoms with Crippen LogP contribution in [0.3, 0.4) is 0 Å². The number of hydrogen-bond donors (Lipinski definition) is 0. The van der Waals surface area contributed by atoms with Gasteiger partial charge in [-0.2, -0.15) is 0 Å². The van der Waals surface area contributed by atoms with Crippen molar-refractivity contribution in [2.45, 2.75) is 6.92 Å². The zero-order chi connectivity index (χ0) is 18.0. The summed E-state index contributed by atoms with van der Waals surface area (Å²) in [4.78, 5) is 10.9. The van der Waals surface area contributed by atoms with Gasteiger partial charge in [-0.1, -0.05) is 30.3 Å². The quantitative estimate of drug-likeness (QED) is 0.473. The van der Waals surface area contributed by atoms with E-state index in [1.165, 1.54) is 25.1 Å². The van der Waals surface area contributed by atoms with Crippen LogP contribution >= 0.6 is 0 Å². The van der Waals surface area contributed by atoms with Crippen LogP contribution in [-0.4, -0.2) is 5.97 Å². The fraction of sp³-hybridized carbons (Fsp3) is 0.0500. The minimum atomic E-state index is -0.923. The Hall–Kier alpha value is -3.08. The van der Waals surface area contributed by atoms with Gasteiger partial charge in [0.1, 0.15) is 11.6 Å². The second kappa shape index (κ2) is 6.81. The van der Waals surface area contributed by atoms with Crippen LogP contribution in [0, 0.1) is 17.5 Å². The number of carbonyl (C=O) groups is 1. The third kappa shape index (κ3) is 3.71. The Kier molecular flexibility index (Phi) is 4.57. The highest BCUT2D eigenvalue weighted by atomic mass is 19.2. The monoisotopic (exact) mass is 342 g/mol. The van der Waals surface area contributed by atoms with Gasteiger partial charge in [-0.25, -0.2) is 13.2 Å². The van der Waals surface area contributed by atoms with Crippen molar-refractivity contribution in [3.05, 3.63) is 78.1 Å². The number of hydrogen-bond acceptors (Lipinski definition) is 2. The van der Waals surface area contributed by atoms with E-state index in [-0.39, 0.29) is 5.75 Å². The molecule has 0 amide bonds. The lowest BCUT2D eigenvalue weighted by Gasteiger charge is -2.08. The fourth-order valence-corrected chi connectivity index (χ4v) is 2.48. The lowest BCUT2D eigenvalue weighted by atomic mass is 10.00. The van der Waals surface area contributed by atoms with Crippen molar-refractivity contribution in [2.24, 2.45) is 0 Å². The van der Waals surface area contributed by atoms with E-state index in [0.29, 0.717) is 22.3 Å². The Morgan fingerprint density at radius 2 is 1.36 bits per heavy atom. The second-order valence-corrected chi connectivity index (χ2v) is 5.44. The molecule has 0 atom stereocenters. The van der Waals surface area contributed by atoms with Crippen LogP contribution in [0.1, 0.15) is 6.92 Å². The van der Waals surface area contributed by atoms with Gasteiger partial charge in [0.05, 0.1) is 0 Å². The Balaban J connectivity index is 1.89. The molecule has 3 rings (SSSR count). The van der Waals surface area contributed by atoms with Gasteiger partial charge in [0, 0.05) is 18.6 Å². The molecule has 0 fully saturated rings. The summed E-state index contributed by atoms with van der Waals surface area (Å²) in [7, 11) is 0. The highest BCUT2D eigenvalue weighted by molar-refractivity contribution is 5.72. The molecule has 0 aliphatic rings. The van der Waals surface area contributed by atoms with Gasteiger partial charge in [-0.15, -0.1) is 0 Å². The molecule has 0 aliphatic carbocycles. The zero-order valence-corrected chi connectivity index (χ0v) is 13.2. The number of halogens is 3. The number of rotatable bonds is 3. The van der Waals surface area contributed by atoms with Crippen LogP contribution in [0.4, 0.5) is 13.2 Å². The standard InChI is InChI=1S/C20H13F3O2/c1-12(24)25-16-7-8-17(19(22)11-16)14-4-2-13(3-5-14)15-6-9-18(21)20(23)10-15/h2-11H,1H3. The number of carbonyl (C=O) groups excluding carboxylic acids is 1. The highest BCUT2D eigenvalue weighted by Crippen LogP contribution is 2.29. The van der Waals surface area contributed by atoms with E-state index in [2.05, 4.69) is 0 Å². The molecule has 2 nitrogen and oxygen atoms in total. The third-order valence-corrected chi connectivity index (χ3v) is 3.65. The first-order valence-electron chi connectivity index (χ1n) is 7.48. The summed E-state index contributed by atoms with van der Waals surface area (Å²) in [5.74, 6) is -2.75. The summed E-state index contributed by atoms with van der Waals surface area (Å²) in [6, 6.07) is 14.6. The SMILES string of the molecule is CC(=O)Oc1ccc(-c2ccc(-c3ccc(F)c(F)c3)cc2)c(F)c1. The summed E-state index contributed by atoms with van der Waals surface area (Å²) >= 11 is 0. The number of ether oxygens (including phenoxy) is 1. The smallest absolute Gasteiger partial charge is 0.308 e. The molecule has 0 spiro atoms. The largest absolute Gasteiger partial charge is 0.427 e. The summed E-state index contributed by atoms with van der Waals surface area (Å²) in [6.07, 6.45) is 0. The Morgan fingerprint density at radius 3 is 1.96 bits per heavy atom. The first kappa shape index (κ1) is 16.8. The van der Waals surface area contributed by atoms with Crippen LogP contribution in [0.2, 0.25) is 0 Å². The van der Waals surface area contributed by atoms with Gasteiger partial charge in [0.25, 0.3) is 0 Å². The van der Waals surface area contributed by atoms with Crippen molar-refractivity contribution in [3.8, 4) is 28.0 Å². The summed E-state index contributed by atoms with van der Waals surface area (Å²) in [6.45, 7) is 1.24. The molecule has 0 bridgehead atoms. The van der Waals surface area contributed by atoms with E-state index in [0.717, 1.165) is 18.2 Å². The molecule has 0 unspecified atom stereocenters. The predicted octanol–water partition coefficient (Wildman–Crippen LogP) is 5.36. The maximum atomic E-state index is 14.2. The van der Waals surface area contributed by atoms with Crippen LogP contribution < -0.4 is 4.74 Å². The van der Waals surface area contributed by atoms with Crippen molar-refractivity contribution in [2.75, 3.05) is 0 Å². The van der Waals surface area contributed by atoms with E-state index in [1.54, 1.807) is 24.3 Å². The molecule has 0 aliphatic heterocycles. The topological polar surface area (TPSA) is 26.3 Å². The van der Waals surface area contributed by atoms with Gasteiger partial charge < -0.3 is 4.74 Å². The first-order chi connectivity index (χ1) is 11.9. The van der Waals surface area contributed by atoms with Crippen molar-refractivity contribution in [1.82, 2.24) is 0 Å².